The van der Waals surface area contributed by atoms with Crippen LogP contribution in [0, 0.1) is 0 Å². The van der Waals surface area contributed by atoms with Gasteiger partial charge in [-0.2, -0.15) is 9.98 Å². The first kappa shape index (κ1) is 24.1. The smallest absolute Gasteiger partial charge is 0.223 e. The van der Waals surface area contributed by atoms with Crippen LogP contribution in [-0.2, 0) is 0 Å². The van der Waals surface area contributed by atoms with E-state index in [1.54, 1.807) is 48.5 Å². The number of benzene rings is 2. The van der Waals surface area contributed by atoms with Crippen LogP contribution in [0.1, 0.15) is 6.92 Å². The first-order chi connectivity index (χ1) is 15.7. The van der Waals surface area contributed by atoms with Crippen molar-refractivity contribution < 1.29 is 0 Å². The predicted octanol–water partition coefficient (Wildman–Crippen LogP) is 2.22. The minimum atomic E-state index is -0.00555. The van der Waals surface area contributed by atoms with Crippen molar-refractivity contribution in [3.8, 4) is 0 Å². The van der Waals surface area contributed by atoms with Gasteiger partial charge in [0.15, 0.2) is 11.9 Å². The molecule has 0 amide bonds. The highest BCUT2D eigenvalue weighted by Crippen LogP contribution is 2.17. The first-order valence-electron chi connectivity index (χ1n) is 10.1. The number of piperazine rings is 1. The summed E-state index contributed by atoms with van der Waals surface area (Å²) in [4.78, 5) is 20.7. The fourth-order valence-electron chi connectivity index (χ4n) is 3.22. The molecular weight excluding hydrogens is 463 g/mol. The SMILES string of the molecule is CC1CN(/C(N)=N/C(N)=Nc2ccc(Cl)cc2)CCN1/C(N)=N/C(N)=Nc1ccc(Cl)cc1. The van der Waals surface area contributed by atoms with Gasteiger partial charge in [0, 0.05) is 35.7 Å². The summed E-state index contributed by atoms with van der Waals surface area (Å²) >= 11 is 11.8. The zero-order chi connectivity index (χ0) is 24.0. The summed E-state index contributed by atoms with van der Waals surface area (Å²) in [6, 6.07) is 13.9. The quantitative estimate of drug-likeness (QED) is 0.374. The van der Waals surface area contributed by atoms with Gasteiger partial charge in [0.25, 0.3) is 0 Å². The molecule has 0 saturated carbocycles. The summed E-state index contributed by atoms with van der Waals surface area (Å²) in [5, 5.41) is 1.23. The Kier molecular flexibility index (Phi) is 7.96. The van der Waals surface area contributed by atoms with Crippen LogP contribution in [-0.4, -0.2) is 59.3 Å². The molecule has 3 rings (SSSR count). The summed E-state index contributed by atoms with van der Waals surface area (Å²) in [5.74, 6) is 0.654. The Morgan fingerprint density at radius 3 is 1.67 bits per heavy atom. The van der Waals surface area contributed by atoms with Gasteiger partial charge in [-0.15, -0.1) is 0 Å². The number of halogens is 2. The highest BCUT2D eigenvalue weighted by atomic mass is 35.5. The number of aliphatic imine (C=N–C) groups is 4. The molecule has 1 aliphatic rings. The number of nitrogens with zero attached hydrogens (tertiary/aromatic N) is 6. The number of nitrogens with two attached hydrogens (primary N) is 4. The Labute approximate surface area is 202 Å². The molecular formula is C21H26Cl2N10. The lowest BCUT2D eigenvalue weighted by Crippen LogP contribution is -2.58. The van der Waals surface area contributed by atoms with E-state index in [-0.39, 0.29) is 29.9 Å². The van der Waals surface area contributed by atoms with Gasteiger partial charge >= 0.3 is 0 Å². The van der Waals surface area contributed by atoms with E-state index in [9.17, 15) is 0 Å². The van der Waals surface area contributed by atoms with Gasteiger partial charge in [0.2, 0.25) is 11.9 Å². The Hall–Kier alpha value is -3.50. The van der Waals surface area contributed by atoms with Gasteiger partial charge < -0.3 is 32.7 Å². The number of hydrogen-bond donors (Lipinski definition) is 4. The topological polar surface area (TPSA) is 160 Å². The summed E-state index contributed by atoms with van der Waals surface area (Å²) in [6.07, 6.45) is 0. The summed E-state index contributed by atoms with van der Waals surface area (Å²) in [6.45, 7) is 3.70. The first-order valence-corrected chi connectivity index (χ1v) is 10.9. The molecule has 1 atom stereocenters. The minimum absolute atomic E-state index is 0.00555. The molecule has 2 aromatic carbocycles. The van der Waals surface area contributed by atoms with Crippen LogP contribution >= 0.6 is 23.2 Å². The Morgan fingerprint density at radius 1 is 0.758 bits per heavy atom. The third kappa shape index (κ3) is 6.99. The normalized spacial score (nSPS) is 18.6. The van der Waals surface area contributed by atoms with E-state index in [0.717, 1.165) is 0 Å². The molecule has 10 nitrogen and oxygen atoms in total. The molecule has 0 bridgehead atoms. The van der Waals surface area contributed by atoms with Crippen LogP contribution in [0.25, 0.3) is 0 Å². The van der Waals surface area contributed by atoms with Crippen LogP contribution in [0.3, 0.4) is 0 Å². The standard InChI is InChI=1S/C21H26Cl2N10/c1-13-12-32(20(26)30-18(24)28-16-6-2-14(22)3-7-16)10-11-33(13)21(27)31-19(25)29-17-8-4-15(23)5-9-17/h2-9,13H,10-12H2,1H3,(H4,24,26,28,30)(H4,25,27,29,31). The van der Waals surface area contributed by atoms with E-state index in [1.807, 2.05) is 16.7 Å². The van der Waals surface area contributed by atoms with E-state index in [0.29, 0.717) is 41.1 Å². The molecule has 1 saturated heterocycles. The molecule has 1 aliphatic heterocycles. The lowest BCUT2D eigenvalue weighted by molar-refractivity contribution is 0.193. The largest absolute Gasteiger partial charge is 0.369 e. The van der Waals surface area contributed by atoms with Crippen molar-refractivity contribution in [2.75, 3.05) is 19.6 Å². The van der Waals surface area contributed by atoms with Crippen molar-refractivity contribution in [2.24, 2.45) is 42.9 Å². The molecule has 1 unspecified atom stereocenters. The molecule has 2 aromatic rings. The maximum absolute atomic E-state index is 6.18. The Bertz CT molecular complexity index is 1080. The average molecular weight is 489 g/mol. The number of guanidine groups is 4. The molecule has 12 heteroatoms. The van der Waals surface area contributed by atoms with Crippen molar-refractivity contribution in [1.82, 2.24) is 9.80 Å². The van der Waals surface area contributed by atoms with Crippen LogP contribution < -0.4 is 22.9 Å². The zero-order valence-corrected chi connectivity index (χ0v) is 19.6. The second kappa shape index (κ2) is 10.9. The highest BCUT2D eigenvalue weighted by Gasteiger charge is 2.26. The van der Waals surface area contributed by atoms with Gasteiger partial charge in [0.05, 0.1) is 11.4 Å². The number of rotatable bonds is 2. The summed E-state index contributed by atoms with van der Waals surface area (Å²) < 4.78 is 0. The molecule has 174 valence electrons. The van der Waals surface area contributed by atoms with E-state index in [1.165, 1.54) is 0 Å². The third-order valence-electron chi connectivity index (χ3n) is 4.84. The average Bonchev–Trinajstić information content (AvgIpc) is 2.76. The van der Waals surface area contributed by atoms with Crippen molar-refractivity contribution in [1.29, 1.82) is 0 Å². The summed E-state index contributed by atoms with van der Waals surface area (Å²) in [5.41, 5.74) is 25.5. The van der Waals surface area contributed by atoms with Gasteiger partial charge in [-0.3, -0.25) is 0 Å². The van der Waals surface area contributed by atoms with E-state index in [2.05, 4.69) is 20.0 Å². The van der Waals surface area contributed by atoms with E-state index < -0.39 is 0 Å². The second-order valence-corrected chi connectivity index (χ2v) is 8.19. The van der Waals surface area contributed by atoms with Crippen LogP contribution in [0.4, 0.5) is 11.4 Å². The van der Waals surface area contributed by atoms with Gasteiger partial charge in [0.1, 0.15) is 0 Å². The van der Waals surface area contributed by atoms with Gasteiger partial charge in [-0.05, 0) is 55.5 Å². The fourth-order valence-corrected chi connectivity index (χ4v) is 3.47. The third-order valence-corrected chi connectivity index (χ3v) is 5.35. The van der Waals surface area contributed by atoms with Crippen LogP contribution in [0.5, 0.6) is 0 Å². The molecule has 1 fully saturated rings. The minimum Gasteiger partial charge on any atom is -0.369 e. The monoisotopic (exact) mass is 488 g/mol. The molecule has 8 N–H and O–H groups in total. The molecule has 0 radical (unpaired) electrons. The van der Waals surface area contributed by atoms with Crippen molar-refractivity contribution in [2.45, 2.75) is 13.0 Å². The van der Waals surface area contributed by atoms with Crippen LogP contribution in [0.15, 0.2) is 68.5 Å². The van der Waals surface area contributed by atoms with E-state index in [4.69, 9.17) is 46.1 Å². The van der Waals surface area contributed by atoms with Gasteiger partial charge in [-0.25, -0.2) is 9.98 Å². The Balaban J connectivity index is 1.63. The second-order valence-electron chi connectivity index (χ2n) is 7.32. The Morgan fingerprint density at radius 2 is 1.21 bits per heavy atom. The van der Waals surface area contributed by atoms with Crippen LogP contribution in [0.2, 0.25) is 10.0 Å². The lowest BCUT2D eigenvalue weighted by Gasteiger charge is -2.40. The van der Waals surface area contributed by atoms with Crippen molar-refractivity contribution >= 4 is 58.4 Å². The molecule has 0 spiro atoms. The molecule has 1 heterocycles. The zero-order valence-electron chi connectivity index (χ0n) is 18.1. The molecule has 0 aliphatic carbocycles. The van der Waals surface area contributed by atoms with Crippen molar-refractivity contribution in [3.63, 3.8) is 0 Å². The maximum Gasteiger partial charge on any atom is 0.223 e. The summed E-state index contributed by atoms with van der Waals surface area (Å²) in [7, 11) is 0. The van der Waals surface area contributed by atoms with Crippen molar-refractivity contribution in [3.05, 3.63) is 58.6 Å². The maximum atomic E-state index is 6.18. The predicted molar refractivity (Wildman–Crippen MR) is 136 cm³/mol. The fraction of sp³-hybridized carbons (Fsp3) is 0.238. The highest BCUT2D eigenvalue weighted by molar-refractivity contribution is 6.30. The molecule has 33 heavy (non-hydrogen) atoms. The molecule has 0 aromatic heterocycles. The van der Waals surface area contributed by atoms with Gasteiger partial charge in [-0.1, -0.05) is 23.2 Å². The lowest BCUT2D eigenvalue weighted by atomic mass is 10.2. The van der Waals surface area contributed by atoms with E-state index >= 15 is 0 Å². The number of hydrogen-bond acceptors (Lipinski definition) is 2.